The average Bonchev–Trinajstić information content (AvgIpc) is 3.04. The molecule has 0 bridgehead atoms. The summed E-state index contributed by atoms with van der Waals surface area (Å²) in [4.78, 5) is 12.1. The Labute approximate surface area is 135 Å². The number of benzene rings is 1. The normalized spacial score (nSPS) is 11.1. The van der Waals surface area contributed by atoms with Crippen LogP contribution in [0, 0.1) is 13.8 Å². The van der Waals surface area contributed by atoms with E-state index in [0.717, 1.165) is 23.1 Å². The molecule has 0 saturated heterocycles. The molecule has 2 aromatic heterocycles. The van der Waals surface area contributed by atoms with Crippen LogP contribution in [0.4, 0.5) is 0 Å². The van der Waals surface area contributed by atoms with Crippen molar-refractivity contribution in [3.05, 3.63) is 52.9 Å². The molecule has 0 aliphatic heterocycles. The fourth-order valence-electron chi connectivity index (χ4n) is 2.75. The zero-order chi connectivity index (χ0) is 16.4. The number of hydrogen-bond donors (Lipinski definition) is 1. The van der Waals surface area contributed by atoms with E-state index in [1.54, 1.807) is 0 Å². The Balaban J connectivity index is 1.93. The third-order valence-corrected chi connectivity index (χ3v) is 4.01. The van der Waals surface area contributed by atoms with Gasteiger partial charge in [0.05, 0.1) is 11.9 Å². The number of carbonyl (C=O) groups is 1. The second-order valence-electron chi connectivity index (χ2n) is 5.72. The molecule has 0 aliphatic rings. The van der Waals surface area contributed by atoms with Crippen molar-refractivity contribution in [3.8, 4) is 0 Å². The number of fused-ring (bicyclic) bond motifs is 1. The predicted octanol–water partition coefficient (Wildman–Crippen LogP) is 3.43. The lowest BCUT2D eigenvalue weighted by Crippen LogP contribution is -2.24. The van der Waals surface area contributed by atoms with Crippen LogP contribution in [0.25, 0.3) is 11.1 Å². The lowest BCUT2D eigenvalue weighted by molar-refractivity contribution is 0.0927. The molecule has 23 heavy (non-hydrogen) atoms. The van der Waals surface area contributed by atoms with Crippen LogP contribution in [-0.4, -0.2) is 22.2 Å². The molecule has 0 fully saturated rings. The van der Waals surface area contributed by atoms with Crippen LogP contribution >= 0.6 is 0 Å². The molecule has 0 unspecified atom stereocenters. The molecule has 0 saturated carbocycles. The first-order valence-electron chi connectivity index (χ1n) is 7.90. The van der Waals surface area contributed by atoms with Crippen molar-refractivity contribution in [2.75, 3.05) is 6.54 Å². The third kappa shape index (κ3) is 2.86. The molecule has 2 heterocycles. The van der Waals surface area contributed by atoms with Gasteiger partial charge in [-0.25, -0.2) is 0 Å². The maximum Gasteiger partial charge on any atom is 0.287 e. The van der Waals surface area contributed by atoms with Gasteiger partial charge in [-0.15, -0.1) is 5.10 Å². The maximum atomic E-state index is 12.1. The van der Waals surface area contributed by atoms with Gasteiger partial charge in [0.2, 0.25) is 5.71 Å². The summed E-state index contributed by atoms with van der Waals surface area (Å²) in [7, 11) is 0. The van der Waals surface area contributed by atoms with E-state index in [-0.39, 0.29) is 5.91 Å². The third-order valence-electron chi connectivity index (χ3n) is 4.01. The van der Waals surface area contributed by atoms with Crippen LogP contribution in [0.2, 0.25) is 0 Å². The molecule has 120 valence electrons. The molecule has 5 nitrogen and oxygen atoms in total. The highest BCUT2D eigenvalue weighted by atomic mass is 16.4. The Kier molecular flexibility index (Phi) is 4.19. The van der Waals surface area contributed by atoms with Gasteiger partial charge in [-0.3, -0.25) is 9.48 Å². The van der Waals surface area contributed by atoms with Gasteiger partial charge in [0.25, 0.3) is 5.91 Å². The first-order chi connectivity index (χ1) is 11.1. The van der Waals surface area contributed by atoms with Crippen LogP contribution in [0.3, 0.4) is 0 Å². The van der Waals surface area contributed by atoms with Crippen molar-refractivity contribution >= 4 is 17.0 Å². The van der Waals surface area contributed by atoms with Crippen molar-refractivity contribution < 1.29 is 9.21 Å². The fourth-order valence-corrected chi connectivity index (χ4v) is 2.75. The molecular formula is C18H21N3O2. The van der Waals surface area contributed by atoms with Crippen LogP contribution in [-0.2, 0) is 6.54 Å². The maximum absolute atomic E-state index is 12.1. The summed E-state index contributed by atoms with van der Waals surface area (Å²) in [5, 5.41) is 8.30. The summed E-state index contributed by atoms with van der Waals surface area (Å²) >= 11 is 0. The SMILES string of the molecule is CCCNC(=O)c1oc2nn(Cc3ccccc3)c(C)c2c1C. The number of aryl methyl sites for hydroxylation is 2. The monoisotopic (exact) mass is 311 g/mol. The summed E-state index contributed by atoms with van der Waals surface area (Å²) < 4.78 is 7.63. The molecular weight excluding hydrogens is 290 g/mol. The van der Waals surface area contributed by atoms with Gasteiger partial charge in [-0.2, -0.15) is 0 Å². The van der Waals surface area contributed by atoms with E-state index < -0.39 is 0 Å². The number of carbonyl (C=O) groups excluding carboxylic acids is 1. The lowest BCUT2D eigenvalue weighted by atomic mass is 10.1. The van der Waals surface area contributed by atoms with Crippen molar-refractivity contribution in [2.45, 2.75) is 33.7 Å². The largest absolute Gasteiger partial charge is 0.431 e. The van der Waals surface area contributed by atoms with Gasteiger partial charge in [-0.1, -0.05) is 37.3 Å². The number of aromatic nitrogens is 2. The van der Waals surface area contributed by atoms with E-state index in [1.165, 1.54) is 5.56 Å². The minimum absolute atomic E-state index is 0.170. The van der Waals surface area contributed by atoms with Crippen LogP contribution in [0.1, 0.15) is 40.7 Å². The van der Waals surface area contributed by atoms with E-state index in [0.29, 0.717) is 24.6 Å². The Morgan fingerprint density at radius 2 is 2.00 bits per heavy atom. The fraction of sp³-hybridized carbons (Fsp3) is 0.333. The summed E-state index contributed by atoms with van der Waals surface area (Å²) in [5.74, 6) is 0.197. The molecule has 0 atom stereocenters. The van der Waals surface area contributed by atoms with Crippen LogP contribution in [0.15, 0.2) is 34.7 Å². The van der Waals surface area contributed by atoms with Crippen LogP contribution < -0.4 is 5.32 Å². The Morgan fingerprint density at radius 3 is 2.65 bits per heavy atom. The van der Waals surface area contributed by atoms with Gasteiger partial charge in [0, 0.05) is 17.8 Å². The molecule has 0 spiro atoms. The highest BCUT2D eigenvalue weighted by molar-refractivity contribution is 5.98. The van der Waals surface area contributed by atoms with Crippen molar-refractivity contribution in [1.29, 1.82) is 0 Å². The topological polar surface area (TPSA) is 60.1 Å². The van der Waals surface area contributed by atoms with Gasteiger partial charge in [0.1, 0.15) is 0 Å². The summed E-state index contributed by atoms with van der Waals surface area (Å²) in [5.41, 5.74) is 3.57. The highest BCUT2D eigenvalue weighted by Crippen LogP contribution is 2.28. The van der Waals surface area contributed by atoms with Gasteiger partial charge in [0.15, 0.2) is 5.76 Å². The standard InChI is InChI=1S/C18H21N3O2/c1-4-10-19-17(22)16-12(2)15-13(3)21(20-18(15)23-16)11-14-8-6-5-7-9-14/h5-9H,4,10-11H2,1-3H3,(H,19,22). The summed E-state index contributed by atoms with van der Waals surface area (Å²) in [6.45, 7) is 7.27. The van der Waals surface area contributed by atoms with E-state index in [2.05, 4.69) is 22.5 Å². The molecule has 1 aromatic carbocycles. The number of furan rings is 1. The first-order valence-corrected chi connectivity index (χ1v) is 7.90. The van der Waals surface area contributed by atoms with Crippen molar-refractivity contribution in [3.63, 3.8) is 0 Å². The lowest BCUT2D eigenvalue weighted by Gasteiger charge is -2.05. The number of nitrogens with zero attached hydrogens (tertiary/aromatic N) is 2. The van der Waals surface area contributed by atoms with Gasteiger partial charge < -0.3 is 9.73 Å². The van der Waals surface area contributed by atoms with E-state index in [1.807, 2.05) is 43.7 Å². The zero-order valence-electron chi connectivity index (χ0n) is 13.7. The Hall–Kier alpha value is -2.56. The summed E-state index contributed by atoms with van der Waals surface area (Å²) in [6.07, 6.45) is 0.894. The minimum Gasteiger partial charge on any atom is -0.431 e. The zero-order valence-corrected chi connectivity index (χ0v) is 13.7. The molecule has 1 N–H and O–H groups in total. The molecule has 3 aromatic rings. The van der Waals surface area contributed by atoms with Gasteiger partial charge >= 0.3 is 0 Å². The number of rotatable bonds is 5. The molecule has 0 aliphatic carbocycles. The van der Waals surface area contributed by atoms with Gasteiger partial charge in [-0.05, 0) is 25.8 Å². The second kappa shape index (κ2) is 6.28. The highest BCUT2D eigenvalue weighted by Gasteiger charge is 2.22. The predicted molar refractivity (Wildman–Crippen MR) is 89.6 cm³/mol. The van der Waals surface area contributed by atoms with E-state index in [9.17, 15) is 4.79 Å². The molecule has 5 heteroatoms. The first kappa shape index (κ1) is 15.3. The Morgan fingerprint density at radius 1 is 1.26 bits per heavy atom. The average molecular weight is 311 g/mol. The quantitative estimate of drug-likeness (QED) is 0.785. The summed E-state index contributed by atoms with van der Waals surface area (Å²) in [6, 6.07) is 10.2. The minimum atomic E-state index is -0.170. The smallest absolute Gasteiger partial charge is 0.287 e. The molecule has 1 amide bonds. The second-order valence-corrected chi connectivity index (χ2v) is 5.72. The molecule has 3 rings (SSSR count). The van der Waals surface area contributed by atoms with Crippen molar-refractivity contribution in [1.82, 2.24) is 15.1 Å². The Bertz CT molecular complexity index is 831. The van der Waals surface area contributed by atoms with E-state index >= 15 is 0 Å². The van der Waals surface area contributed by atoms with E-state index in [4.69, 9.17) is 4.42 Å². The van der Waals surface area contributed by atoms with Crippen LogP contribution in [0.5, 0.6) is 0 Å². The number of amides is 1. The van der Waals surface area contributed by atoms with Crippen molar-refractivity contribution in [2.24, 2.45) is 0 Å². The number of nitrogens with one attached hydrogen (secondary N) is 1. The molecule has 0 radical (unpaired) electrons. The number of hydrogen-bond acceptors (Lipinski definition) is 3.